The van der Waals surface area contributed by atoms with Gasteiger partial charge in [0.15, 0.2) is 0 Å². The first-order chi connectivity index (χ1) is 7.58. The quantitative estimate of drug-likeness (QED) is 0.722. The van der Waals surface area contributed by atoms with Crippen LogP contribution in [-0.2, 0) is 11.2 Å². The summed E-state index contributed by atoms with van der Waals surface area (Å²) in [4.78, 5) is 14.6. The highest BCUT2D eigenvalue weighted by molar-refractivity contribution is 7.12. The summed E-state index contributed by atoms with van der Waals surface area (Å²) in [5.41, 5.74) is 3.17. The third kappa shape index (κ3) is 1.32. The minimum atomic E-state index is 0.484. The summed E-state index contributed by atoms with van der Waals surface area (Å²) in [5, 5.41) is 0. The third-order valence-electron chi connectivity index (χ3n) is 4.13. The van der Waals surface area contributed by atoms with Crippen molar-refractivity contribution in [2.24, 2.45) is 5.92 Å². The van der Waals surface area contributed by atoms with Gasteiger partial charge in [0.2, 0.25) is 0 Å². The van der Waals surface area contributed by atoms with Crippen molar-refractivity contribution in [3.05, 3.63) is 20.9 Å². The largest absolute Gasteiger partial charge is 0.300 e. The number of thiophene rings is 1. The molecule has 2 aliphatic rings. The van der Waals surface area contributed by atoms with Gasteiger partial charge in [-0.1, -0.05) is 13.8 Å². The molecule has 1 heterocycles. The van der Waals surface area contributed by atoms with E-state index in [4.69, 9.17) is 0 Å². The van der Waals surface area contributed by atoms with Crippen molar-refractivity contribution in [1.82, 2.24) is 0 Å². The van der Waals surface area contributed by atoms with Gasteiger partial charge in [-0.05, 0) is 42.2 Å². The smallest absolute Gasteiger partial charge is 0.133 e. The Balaban J connectivity index is 2.08. The second kappa shape index (κ2) is 3.43. The maximum Gasteiger partial charge on any atom is 0.133 e. The topological polar surface area (TPSA) is 17.1 Å². The van der Waals surface area contributed by atoms with E-state index in [1.54, 1.807) is 16.0 Å². The molecule has 0 amide bonds. The molecule has 2 heteroatoms. The summed E-state index contributed by atoms with van der Waals surface area (Å²) in [7, 11) is 0. The van der Waals surface area contributed by atoms with Crippen LogP contribution < -0.4 is 0 Å². The van der Waals surface area contributed by atoms with E-state index in [1.165, 1.54) is 11.3 Å². The number of aryl methyl sites for hydroxylation is 1. The third-order valence-corrected chi connectivity index (χ3v) is 5.60. The Kier molecular flexibility index (Phi) is 2.25. The van der Waals surface area contributed by atoms with Crippen LogP contribution in [0.4, 0.5) is 0 Å². The molecule has 1 saturated carbocycles. The molecule has 1 aromatic rings. The summed E-state index contributed by atoms with van der Waals surface area (Å²) in [6, 6.07) is 0. The van der Waals surface area contributed by atoms with E-state index in [1.807, 2.05) is 11.3 Å². The molecule has 2 unspecified atom stereocenters. The maximum atomic E-state index is 11.5. The van der Waals surface area contributed by atoms with E-state index >= 15 is 0 Å². The summed E-state index contributed by atoms with van der Waals surface area (Å²) >= 11 is 1.96. The van der Waals surface area contributed by atoms with Crippen molar-refractivity contribution in [2.75, 3.05) is 0 Å². The Bertz CT molecular complexity index is 456. The fourth-order valence-electron chi connectivity index (χ4n) is 3.53. The standard InChI is InChI=1S/C14H18OS/c1-7(2)14-12-5-9-4-10(15)6-11(9)13(12)8(3)16-14/h7,9,11H,4-6H2,1-3H3. The second-order valence-electron chi connectivity index (χ2n) is 5.59. The molecule has 0 bridgehead atoms. The molecule has 0 spiro atoms. The highest BCUT2D eigenvalue weighted by Crippen LogP contribution is 2.52. The number of ketones is 1. The molecular weight excluding hydrogens is 216 g/mol. The lowest BCUT2D eigenvalue weighted by atomic mass is 9.96. The monoisotopic (exact) mass is 234 g/mol. The molecule has 0 aromatic carbocycles. The number of fused-ring (bicyclic) bond motifs is 3. The zero-order valence-corrected chi connectivity index (χ0v) is 11.0. The average molecular weight is 234 g/mol. The van der Waals surface area contributed by atoms with Gasteiger partial charge in [-0.25, -0.2) is 0 Å². The molecule has 0 radical (unpaired) electrons. The molecule has 0 N–H and O–H groups in total. The van der Waals surface area contributed by atoms with Gasteiger partial charge in [-0.3, -0.25) is 4.79 Å². The van der Waals surface area contributed by atoms with E-state index in [9.17, 15) is 4.79 Å². The first-order valence-electron chi connectivity index (χ1n) is 6.21. The molecule has 2 atom stereocenters. The summed E-state index contributed by atoms with van der Waals surface area (Å²) < 4.78 is 0. The van der Waals surface area contributed by atoms with Gasteiger partial charge in [0.05, 0.1) is 0 Å². The second-order valence-corrected chi connectivity index (χ2v) is 6.84. The van der Waals surface area contributed by atoms with Crippen LogP contribution in [0.3, 0.4) is 0 Å². The van der Waals surface area contributed by atoms with E-state index in [-0.39, 0.29) is 0 Å². The molecule has 1 nitrogen and oxygen atoms in total. The van der Waals surface area contributed by atoms with Crippen LogP contribution in [0.5, 0.6) is 0 Å². The predicted molar refractivity (Wildman–Crippen MR) is 67.3 cm³/mol. The number of carbonyl (C=O) groups is 1. The van der Waals surface area contributed by atoms with Crippen molar-refractivity contribution in [2.45, 2.75) is 51.9 Å². The molecule has 3 rings (SSSR count). The maximum absolute atomic E-state index is 11.5. The lowest BCUT2D eigenvalue weighted by Crippen LogP contribution is -1.99. The lowest BCUT2D eigenvalue weighted by Gasteiger charge is -2.08. The number of carbonyl (C=O) groups excluding carboxylic acids is 1. The molecule has 16 heavy (non-hydrogen) atoms. The van der Waals surface area contributed by atoms with Crippen LogP contribution >= 0.6 is 11.3 Å². The van der Waals surface area contributed by atoms with Gasteiger partial charge in [0.1, 0.15) is 5.78 Å². The average Bonchev–Trinajstić information content (AvgIpc) is 2.76. The number of rotatable bonds is 1. The van der Waals surface area contributed by atoms with Crippen LogP contribution in [0.2, 0.25) is 0 Å². The van der Waals surface area contributed by atoms with Crippen LogP contribution in [0.1, 0.15) is 59.4 Å². The van der Waals surface area contributed by atoms with Crippen molar-refractivity contribution in [1.29, 1.82) is 0 Å². The molecule has 1 fully saturated rings. The first-order valence-corrected chi connectivity index (χ1v) is 7.03. The van der Waals surface area contributed by atoms with Gasteiger partial charge in [0.25, 0.3) is 0 Å². The van der Waals surface area contributed by atoms with Crippen molar-refractivity contribution < 1.29 is 4.79 Å². The van der Waals surface area contributed by atoms with E-state index in [2.05, 4.69) is 20.8 Å². The minimum absolute atomic E-state index is 0.484. The number of hydrogen-bond acceptors (Lipinski definition) is 2. The van der Waals surface area contributed by atoms with Crippen LogP contribution in [0.15, 0.2) is 0 Å². The van der Waals surface area contributed by atoms with Gasteiger partial charge in [0, 0.05) is 22.6 Å². The fraction of sp³-hybridized carbons (Fsp3) is 0.643. The number of hydrogen-bond donors (Lipinski definition) is 0. The molecule has 1 aromatic heterocycles. The molecule has 0 saturated heterocycles. The van der Waals surface area contributed by atoms with Gasteiger partial charge in [-0.15, -0.1) is 11.3 Å². The highest BCUT2D eigenvalue weighted by atomic mass is 32.1. The van der Waals surface area contributed by atoms with E-state index in [0.29, 0.717) is 23.5 Å². The lowest BCUT2D eigenvalue weighted by molar-refractivity contribution is -0.117. The Labute approximate surface area is 101 Å². The minimum Gasteiger partial charge on any atom is -0.300 e. The van der Waals surface area contributed by atoms with E-state index in [0.717, 1.165) is 12.8 Å². The molecule has 86 valence electrons. The SMILES string of the molecule is Cc1sc(C(C)C)c2c1C1CC(=O)CC1C2. The summed E-state index contributed by atoms with van der Waals surface area (Å²) in [6.45, 7) is 6.80. The molecule has 2 aliphatic carbocycles. The van der Waals surface area contributed by atoms with Gasteiger partial charge < -0.3 is 0 Å². The van der Waals surface area contributed by atoms with Crippen LogP contribution in [0.25, 0.3) is 0 Å². The van der Waals surface area contributed by atoms with Crippen LogP contribution in [0, 0.1) is 12.8 Å². The Hall–Kier alpha value is -0.630. The molecule has 0 aliphatic heterocycles. The van der Waals surface area contributed by atoms with Gasteiger partial charge >= 0.3 is 0 Å². The first kappa shape index (κ1) is 10.5. The zero-order valence-electron chi connectivity index (χ0n) is 10.2. The zero-order chi connectivity index (χ0) is 11.4. The van der Waals surface area contributed by atoms with Crippen molar-refractivity contribution >= 4 is 17.1 Å². The van der Waals surface area contributed by atoms with E-state index < -0.39 is 0 Å². The number of Topliss-reactive ketones (excluding diaryl/α,β-unsaturated/α-hetero) is 1. The normalized spacial score (nSPS) is 27.6. The highest BCUT2D eigenvalue weighted by Gasteiger charge is 2.43. The summed E-state index contributed by atoms with van der Waals surface area (Å²) in [5.74, 6) is 2.34. The summed E-state index contributed by atoms with van der Waals surface area (Å²) in [6.07, 6.45) is 2.82. The molecular formula is C14H18OS. The van der Waals surface area contributed by atoms with Crippen molar-refractivity contribution in [3.63, 3.8) is 0 Å². The van der Waals surface area contributed by atoms with Crippen molar-refractivity contribution in [3.8, 4) is 0 Å². The predicted octanol–water partition coefficient (Wildman–Crippen LogP) is 3.80. The fourth-order valence-corrected chi connectivity index (χ4v) is 4.80. The van der Waals surface area contributed by atoms with Crippen LogP contribution in [-0.4, -0.2) is 5.78 Å². The Morgan fingerprint density at radius 1 is 1.25 bits per heavy atom. The Morgan fingerprint density at radius 2 is 2.00 bits per heavy atom. The Morgan fingerprint density at radius 3 is 2.69 bits per heavy atom. The van der Waals surface area contributed by atoms with Gasteiger partial charge in [-0.2, -0.15) is 0 Å².